The number of anilines is 1. The summed E-state index contributed by atoms with van der Waals surface area (Å²) in [5.41, 5.74) is 3.73. The summed E-state index contributed by atoms with van der Waals surface area (Å²) in [4.78, 5) is 18.9. The number of aromatic nitrogens is 2. The molecule has 10 heteroatoms. The highest BCUT2D eigenvalue weighted by molar-refractivity contribution is 5.96. The molecule has 23 heavy (non-hydrogen) atoms. The third-order valence-corrected chi connectivity index (χ3v) is 2.84. The van der Waals surface area contributed by atoms with Crippen LogP contribution in [-0.2, 0) is 0 Å². The molecule has 122 valence electrons. The molecule has 0 aliphatic carbocycles. The van der Waals surface area contributed by atoms with Gasteiger partial charge in [0.25, 0.3) is 5.91 Å². The zero-order valence-corrected chi connectivity index (χ0v) is 11.2. The van der Waals surface area contributed by atoms with Gasteiger partial charge in [-0.2, -0.15) is 13.2 Å². The molecule has 1 aromatic carbocycles. The van der Waals surface area contributed by atoms with Crippen LogP contribution < -0.4 is 11.1 Å². The highest BCUT2D eigenvalue weighted by Crippen LogP contribution is 2.34. The van der Waals surface area contributed by atoms with Gasteiger partial charge in [0.15, 0.2) is 29.2 Å². The first kappa shape index (κ1) is 16.6. The van der Waals surface area contributed by atoms with Crippen LogP contribution in [0.4, 0.5) is 27.8 Å². The van der Waals surface area contributed by atoms with E-state index in [9.17, 15) is 26.7 Å². The zero-order valence-electron chi connectivity index (χ0n) is 11.2. The zero-order chi connectivity index (χ0) is 17.2. The molecule has 0 saturated carbocycles. The van der Waals surface area contributed by atoms with Crippen molar-refractivity contribution >= 4 is 11.7 Å². The van der Waals surface area contributed by atoms with Crippen molar-refractivity contribution in [3.8, 4) is 0 Å². The summed E-state index contributed by atoms with van der Waals surface area (Å²) < 4.78 is 66.2. The Kier molecular flexibility index (Phi) is 4.43. The summed E-state index contributed by atoms with van der Waals surface area (Å²) in [5.74, 6) is -4.89. The number of nitrogens with two attached hydrogens (primary N) is 1. The quantitative estimate of drug-likeness (QED) is 0.846. The van der Waals surface area contributed by atoms with Gasteiger partial charge in [0.1, 0.15) is 0 Å². The molecule has 0 spiro atoms. The lowest BCUT2D eigenvalue weighted by Crippen LogP contribution is -2.39. The van der Waals surface area contributed by atoms with Crippen LogP contribution in [-0.4, -0.2) is 22.1 Å². The lowest BCUT2D eigenvalue weighted by molar-refractivity contribution is -0.155. The largest absolute Gasteiger partial charge is 0.412 e. The standard InChI is InChI=1S/C13H9F5N4O/c14-7-3-1-2-6(8(7)15)10(13(16,17)18)22-12(23)9-11(19)21-5-4-20-9/h1-5,10H,(H2,19,21)(H,22,23). The average Bonchev–Trinajstić information content (AvgIpc) is 2.47. The maximum atomic E-state index is 13.6. The predicted octanol–water partition coefficient (Wildman–Crippen LogP) is 2.37. The number of halogens is 5. The van der Waals surface area contributed by atoms with E-state index < -0.39 is 46.8 Å². The molecule has 0 bridgehead atoms. The number of carbonyl (C=O) groups is 1. The van der Waals surface area contributed by atoms with E-state index in [-0.39, 0.29) is 0 Å². The third kappa shape index (κ3) is 3.52. The lowest BCUT2D eigenvalue weighted by atomic mass is 10.1. The maximum absolute atomic E-state index is 13.6. The minimum atomic E-state index is -5.07. The minimum absolute atomic E-state index is 0.398. The normalized spacial score (nSPS) is 12.7. The van der Waals surface area contributed by atoms with Gasteiger partial charge in [0.2, 0.25) is 0 Å². The topological polar surface area (TPSA) is 80.9 Å². The molecule has 1 atom stereocenters. The van der Waals surface area contributed by atoms with Crippen molar-refractivity contribution in [1.29, 1.82) is 0 Å². The van der Waals surface area contributed by atoms with Gasteiger partial charge in [0.05, 0.1) is 0 Å². The number of carbonyl (C=O) groups excluding carboxylic acids is 1. The monoisotopic (exact) mass is 332 g/mol. The van der Waals surface area contributed by atoms with E-state index >= 15 is 0 Å². The van der Waals surface area contributed by atoms with E-state index in [0.717, 1.165) is 24.5 Å². The molecule has 0 fully saturated rings. The Bertz CT molecular complexity index is 735. The summed E-state index contributed by atoms with van der Waals surface area (Å²) in [6.07, 6.45) is -2.88. The van der Waals surface area contributed by atoms with Gasteiger partial charge >= 0.3 is 6.18 Å². The molecule has 1 amide bonds. The van der Waals surface area contributed by atoms with E-state index in [2.05, 4.69) is 9.97 Å². The Balaban J connectivity index is 2.40. The smallest absolute Gasteiger partial charge is 0.382 e. The van der Waals surface area contributed by atoms with Crippen molar-refractivity contribution in [2.24, 2.45) is 0 Å². The average molecular weight is 332 g/mol. The van der Waals surface area contributed by atoms with E-state index in [4.69, 9.17) is 5.73 Å². The van der Waals surface area contributed by atoms with Gasteiger partial charge in [0, 0.05) is 18.0 Å². The Hall–Kier alpha value is -2.78. The molecular formula is C13H9F5N4O. The number of alkyl halides is 3. The number of hydrogen-bond acceptors (Lipinski definition) is 4. The Morgan fingerprint density at radius 2 is 1.83 bits per heavy atom. The van der Waals surface area contributed by atoms with Crippen molar-refractivity contribution in [3.63, 3.8) is 0 Å². The van der Waals surface area contributed by atoms with Crippen molar-refractivity contribution in [2.45, 2.75) is 12.2 Å². The van der Waals surface area contributed by atoms with Crippen LogP contribution in [0.25, 0.3) is 0 Å². The van der Waals surface area contributed by atoms with Crippen LogP contribution >= 0.6 is 0 Å². The van der Waals surface area contributed by atoms with Gasteiger partial charge in [-0.3, -0.25) is 4.79 Å². The van der Waals surface area contributed by atoms with Gasteiger partial charge < -0.3 is 11.1 Å². The first-order valence-electron chi connectivity index (χ1n) is 6.09. The number of hydrogen-bond donors (Lipinski definition) is 2. The summed E-state index contributed by atoms with van der Waals surface area (Å²) in [7, 11) is 0. The molecule has 1 heterocycles. The molecule has 0 aliphatic rings. The third-order valence-electron chi connectivity index (χ3n) is 2.84. The van der Waals surface area contributed by atoms with Gasteiger partial charge in [-0.05, 0) is 6.07 Å². The molecular weight excluding hydrogens is 323 g/mol. The number of benzene rings is 1. The molecule has 3 N–H and O–H groups in total. The van der Waals surface area contributed by atoms with Crippen molar-refractivity contribution in [2.75, 3.05) is 5.73 Å². The molecule has 0 radical (unpaired) electrons. The number of nitrogen functional groups attached to an aromatic ring is 1. The van der Waals surface area contributed by atoms with E-state index in [1.807, 2.05) is 0 Å². The minimum Gasteiger partial charge on any atom is -0.382 e. The van der Waals surface area contributed by atoms with Crippen molar-refractivity contribution in [3.05, 3.63) is 53.5 Å². The van der Waals surface area contributed by atoms with Crippen LogP contribution in [0.1, 0.15) is 22.1 Å². The second-order valence-electron chi connectivity index (χ2n) is 4.38. The lowest BCUT2D eigenvalue weighted by Gasteiger charge is -2.22. The van der Waals surface area contributed by atoms with Crippen LogP contribution in [0, 0.1) is 11.6 Å². The number of rotatable bonds is 3. The summed E-state index contributed by atoms with van der Waals surface area (Å²) in [5, 5.41) is 1.55. The van der Waals surface area contributed by atoms with E-state index in [1.165, 1.54) is 0 Å². The van der Waals surface area contributed by atoms with Crippen LogP contribution in [0.3, 0.4) is 0 Å². The summed E-state index contributed by atoms with van der Waals surface area (Å²) in [6, 6.07) is -0.492. The first-order valence-corrected chi connectivity index (χ1v) is 6.09. The van der Waals surface area contributed by atoms with Gasteiger partial charge in [-0.15, -0.1) is 0 Å². The van der Waals surface area contributed by atoms with Crippen molar-refractivity contribution < 1.29 is 26.7 Å². The molecule has 1 unspecified atom stereocenters. The fraction of sp³-hybridized carbons (Fsp3) is 0.154. The number of nitrogens with zero attached hydrogens (tertiary/aromatic N) is 2. The van der Waals surface area contributed by atoms with Crippen LogP contribution in [0.2, 0.25) is 0 Å². The Labute approximate surface area is 126 Å². The van der Waals surface area contributed by atoms with E-state index in [1.54, 1.807) is 5.32 Å². The molecule has 0 saturated heterocycles. The summed E-state index contributed by atoms with van der Waals surface area (Å²) >= 11 is 0. The summed E-state index contributed by atoms with van der Waals surface area (Å²) in [6.45, 7) is 0. The molecule has 2 rings (SSSR count). The molecule has 2 aromatic rings. The second kappa shape index (κ2) is 6.15. The second-order valence-corrected chi connectivity index (χ2v) is 4.38. The number of nitrogens with one attached hydrogen (secondary N) is 1. The Morgan fingerprint density at radius 3 is 2.43 bits per heavy atom. The first-order chi connectivity index (χ1) is 10.7. The predicted molar refractivity (Wildman–Crippen MR) is 69.1 cm³/mol. The van der Waals surface area contributed by atoms with Crippen molar-refractivity contribution in [1.82, 2.24) is 15.3 Å². The Morgan fingerprint density at radius 1 is 1.17 bits per heavy atom. The number of amides is 1. The fourth-order valence-electron chi connectivity index (χ4n) is 1.80. The van der Waals surface area contributed by atoms with E-state index in [0.29, 0.717) is 6.07 Å². The van der Waals surface area contributed by atoms with Gasteiger partial charge in [-0.25, -0.2) is 18.7 Å². The van der Waals surface area contributed by atoms with Gasteiger partial charge in [-0.1, -0.05) is 12.1 Å². The fourth-order valence-corrected chi connectivity index (χ4v) is 1.80. The van der Waals surface area contributed by atoms with Crippen LogP contribution in [0.15, 0.2) is 30.6 Å². The molecule has 0 aliphatic heterocycles. The maximum Gasteiger partial charge on any atom is 0.412 e. The highest BCUT2D eigenvalue weighted by Gasteiger charge is 2.44. The molecule has 5 nitrogen and oxygen atoms in total. The van der Waals surface area contributed by atoms with Crippen LogP contribution in [0.5, 0.6) is 0 Å². The SMILES string of the molecule is Nc1nccnc1C(=O)NC(c1cccc(F)c1F)C(F)(F)F. The molecule has 1 aromatic heterocycles. The highest BCUT2D eigenvalue weighted by atomic mass is 19.4.